The smallest absolute Gasteiger partial charge is 0.417 e. The summed E-state index contributed by atoms with van der Waals surface area (Å²) in [5.41, 5.74) is 1.06. The fraction of sp³-hybridized carbons (Fsp3) is 0.348. The number of amides is 1. The van der Waals surface area contributed by atoms with Crippen LogP contribution in [0.2, 0.25) is 0 Å². The number of alkyl halides is 3. The minimum atomic E-state index is -4.47. The van der Waals surface area contributed by atoms with E-state index in [-0.39, 0.29) is 17.6 Å². The lowest BCUT2D eigenvalue weighted by atomic mass is 10.0. The number of nitrogens with zero attached hydrogens (tertiary/aromatic N) is 4. The summed E-state index contributed by atoms with van der Waals surface area (Å²) in [5.74, 6) is 0.632. The van der Waals surface area contributed by atoms with Crippen LogP contribution < -0.4 is 4.74 Å². The van der Waals surface area contributed by atoms with Crippen molar-refractivity contribution in [3.05, 3.63) is 71.2 Å². The highest BCUT2D eigenvalue weighted by Crippen LogP contribution is 2.29. The van der Waals surface area contributed by atoms with E-state index in [9.17, 15) is 18.0 Å². The molecule has 9 heteroatoms. The quantitative estimate of drug-likeness (QED) is 0.508. The number of carbonyl (C=O) groups is 1. The predicted molar refractivity (Wildman–Crippen MR) is 114 cm³/mol. The van der Waals surface area contributed by atoms with E-state index in [1.807, 2.05) is 45.0 Å². The first-order valence-corrected chi connectivity index (χ1v) is 10.2. The summed E-state index contributed by atoms with van der Waals surface area (Å²) in [6.07, 6.45) is -2.27. The minimum absolute atomic E-state index is 0.112. The number of aromatic nitrogens is 3. The second kappa shape index (κ2) is 9.42. The molecule has 170 valence electrons. The Labute approximate surface area is 184 Å². The number of hydrogen-bond acceptors (Lipinski definition) is 4. The van der Waals surface area contributed by atoms with Crippen LogP contribution in [0.5, 0.6) is 5.75 Å². The van der Waals surface area contributed by atoms with Crippen molar-refractivity contribution in [2.45, 2.75) is 39.4 Å². The molecule has 3 rings (SSSR count). The van der Waals surface area contributed by atoms with Crippen LogP contribution in [-0.4, -0.2) is 39.2 Å². The molecule has 0 aliphatic heterocycles. The fourth-order valence-corrected chi connectivity index (χ4v) is 3.35. The van der Waals surface area contributed by atoms with E-state index in [4.69, 9.17) is 4.74 Å². The molecule has 6 nitrogen and oxygen atoms in total. The van der Waals surface area contributed by atoms with E-state index in [0.29, 0.717) is 24.4 Å². The molecular weight excluding hydrogens is 421 g/mol. The number of rotatable bonds is 7. The van der Waals surface area contributed by atoms with Gasteiger partial charge in [0, 0.05) is 19.8 Å². The molecule has 0 atom stereocenters. The maximum absolute atomic E-state index is 13.2. The molecule has 0 saturated heterocycles. The molecule has 0 saturated carbocycles. The monoisotopic (exact) mass is 446 g/mol. The first kappa shape index (κ1) is 23.3. The van der Waals surface area contributed by atoms with Gasteiger partial charge in [-0.1, -0.05) is 26.0 Å². The molecular formula is C23H25F3N4O2. The van der Waals surface area contributed by atoms with Crippen molar-refractivity contribution < 1.29 is 22.7 Å². The van der Waals surface area contributed by atoms with Crippen molar-refractivity contribution in [2.75, 3.05) is 13.7 Å². The molecule has 3 aromatic rings. The SMILES string of the molecule is CCOc1ccc(CN(C)C(=O)c2cnn(-c3ccc(C(F)(F)F)cn3)c2C(C)C)cc1. The Kier molecular flexibility index (Phi) is 6.86. The van der Waals surface area contributed by atoms with E-state index < -0.39 is 11.7 Å². The Morgan fingerprint density at radius 2 is 1.81 bits per heavy atom. The average Bonchev–Trinajstić information content (AvgIpc) is 3.19. The van der Waals surface area contributed by atoms with Crippen molar-refractivity contribution >= 4 is 5.91 Å². The van der Waals surface area contributed by atoms with Crippen molar-refractivity contribution in [3.63, 3.8) is 0 Å². The lowest BCUT2D eigenvalue weighted by Crippen LogP contribution is -2.27. The second-order valence-electron chi connectivity index (χ2n) is 7.65. The van der Waals surface area contributed by atoms with Gasteiger partial charge in [0.1, 0.15) is 5.75 Å². The third-order valence-electron chi connectivity index (χ3n) is 4.88. The Morgan fingerprint density at radius 1 is 1.12 bits per heavy atom. The zero-order valence-electron chi connectivity index (χ0n) is 18.3. The third-order valence-corrected chi connectivity index (χ3v) is 4.88. The van der Waals surface area contributed by atoms with E-state index in [1.54, 1.807) is 11.9 Å². The molecule has 32 heavy (non-hydrogen) atoms. The molecule has 0 aliphatic carbocycles. The molecule has 2 aromatic heterocycles. The van der Waals surface area contributed by atoms with E-state index in [2.05, 4.69) is 10.1 Å². The van der Waals surface area contributed by atoms with Gasteiger partial charge in [-0.2, -0.15) is 18.3 Å². The van der Waals surface area contributed by atoms with Gasteiger partial charge in [0.05, 0.1) is 29.6 Å². The van der Waals surface area contributed by atoms with Gasteiger partial charge in [-0.3, -0.25) is 4.79 Å². The van der Waals surface area contributed by atoms with Gasteiger partial charge in [-0.25, -0.2) is 9.67 Å². The molecule has 1 aromatic carbocycles. The van der Waals surface area contributed by atoms with Crippen molar-refractivity contribution in [2.24, 2.45) is 0 Å². The van der Waals surface area contributed by atoms with Crippen LogP contribution >= 0.6 is 0 Å². The number of halogens is 3. The maximum atomic E-state index is 13.2. The summed E-state index contributed by atoms with van der Waals surface area (Å²) in [5, 5.41) is 4.25. The Balaban J connectivity index is 1.84. The number of carbonyl (C=O) groups excluding carboxylic acids is 1. The number of hydrogen-bond donors (Lipinski definition) is 0. The number of ether oxygens (including phenoxy) is 1. The molecule has 0 aliphatic rings. The lowest BCUT2D eigenvalue weighted by molar-refractivity contribution is -0.137. The molecule has 0 N–H and O–H groups in total. The third kappa shape index (κ3) is 5.09. The zero-order valence-corrected chi connectivity index (χ0v) is 18.3. The minimum Gasteiger partial charge on any atom is -0.494 e. The van der Waals surface area contributed by atoms with E-state index >= 15 is 0 Å². The zero-order chi connectivity index (χ0) is 23.5. The highest BCUT2D eigenvalue weighted by Gasteiger charge is 2.31. The first-order valence-electron chi connectivity index (χ1n) is 10.2. The first-order chi connectivity index (χ1) is 15.1. The van der Waals surface area contributed by atoms with Crippen molar-refractivity contribution in [3.8, 4) is 11.6 Å². The Hall–Kier alpha value is -3.36. The van der Waals surface area contributed by atoms with Gasteiger partial charge in [-0.05, 0) is 42.7 Å². The van der Waals surface area contributed by atoms with Crippen LogP contribution in [0, 0.1) is 0 Å². The van der Waals surface area contributed by atoms with Crippen molar-refractivity contribution in [1.82, 2.24) is 19.7 Å². The second-order valence-corrected chi connectivity index (χ2v) is 7.65. The molecule has 0 radical (unpaired) electrons. The number of benzene rings is 1. The highest BCUT2D eigenvalue weighted by atomic mass is 19.4. The Morgan fingerprint density at radius 3 is 2.34 bits per heavy atom. The summed E-state index contributed by atoms with van der Waals surface area (Å²) in [6, 6.07) is 9.70. The summed E-state index contributed by atoms with van der Waals surface area (Å²) in [6.45, 7) is 6.65. The molecule has 0 fully saturated rings. The average molecular weight is 446 g/mol. The van der Waals surface area contributed by atoms with Gasteiger partial charge in [0.15, 0.2) is 5.82 Å². The summed E-state index contributed by atoms with van der Waals surface area (Å²) in [4.78, 5) is 18.6. The molecule has 0 spiro atoms. The molecule has 2 heterocycles. The molecule has 1 amide bonds. The lowest BCUT2D eigenvalue weighted by Gasteiger charge is -2.19. The number of pyridine rings is 1. The van der Waals surface area contributed by atoms with Crippen molar-refractivity contribution in [1.29, 1.82) is 0 Å². The van der Waals surface area contributed by atoms with Gasteiger partial charge < -0.3 is 9.64 Å². The Bertz CT molecular complexity index is 1060. The normalized spacial score (nSPS) is 11.6. The fourth-order valence-electron chi connectivity index (χ4n) is 3.35. The highest BCUT2D eigenvalue weighted by molar-refractivity contribution is 5.95. The van der Waals surface area contributed by atoms with E-state index in [0.717, 1.165) is 23.6 Å². The van der Waals surface area contributed by atoms with Gasteiger partial charge in [0.2, 0.25) is 0 Å². The molecule has 0 bridgehead atoms. The molecule has 0 unspecified atom stereocenters. The standard InChI is InChI=1S/C23H25F3N4O2/c1-5-32-18-9-6-16(7-10-18)14-29(4)22(31)19-13-28-30(21(19)15(2)3)20-11-8-17(12-27-20)23(24,25)26/h6-13,15H,5,14H2,1-4H3. The topological polar surface area (TPSA) is 60.2 Å². The van der Waals surface area contributed by atoms with Crippen LogP contribution in [-0.2, 0) is 12.7 Å². The van der Waals surface area contributed by atoms with Crippen LogP contribution in [0.1, 0.15) is 53.9 Å². The van der Waals surface area contributed by atoms with Crippen LogP contribution in [0.3, 0.4) is 0 Å². The largest absolute Gasteiger partial charge is 0.494 e. The summed E-state index contributed by atoms with van der Waals surface area (Å²) >= 11 is 0. The van der Waals surface area contributed by atoms with Gasteiger partial charge in [-0.15, -0.1) is 0 Å². The van der Waals surface area contributed by atoms with E-state index in [1.165, 1.54) is 16.9 Å². The predicted octanol–water partition coefficient (Wildman–Crippen LogP) is 5.08. The summed E-state index contributed by atoms with van der Waals surface area (Å²) < 4.78 is 45.4. The van der Waals surface area contributed by atoms with Crippen LogP contribution in [0.4, 0.5) is 13.2 Å². The van der Waals surface area contributed by atoms with Crippen LogP contribution in [0.15, 0.2) is 48.8 Å². The van der Waals surface area contributed by atoms with Gasteiger partial charge in [0.25, 0.3) is 5.91 Å². The maximum Gasteiger partial charge on any atom is 0.417 e. The summed E-state index contributed by atoms with van der Waals surface area (Å²) in [7, 11) is 1.69. The van der Waals surface area contributed by atoms with Crippen LogP contribution in [0.25, 0.3) is 5.82 Å². The van der Waals surface area contributed by atoms with Gasteiger partial charge >= 0.3 is 6.18 Å².